The first-order chi connectivity index (χ1) is 8.31. The van der Waals surface area contributed by atoms with E-state index in [-0.39, 0.29) is 0 Å². The highest BCUT2D eigenvalue weighted by molar-refractivity contribution is 5.45. The van der Waals surface area contributed by atoms with Crippen LogP contribution in [0.4, 0.5) is 0 Å². The topological polar surface area (TPSA) is 21.7 Å². The molecule has 1 aromatic rings. The highest BCUT2D eigenvalue weighted by atomic mass is 16.5. The van der Waals surface area contributed by atoms with Crippen molar-refractivity contribution in [3.05, 3.63) is 23.8 Å². The minimum atomic E-state index is 0.736. The molecule has 3 nitrogen and oxygen atoms in total. The van der Waals surface area contributed by atoms with Crippen LogP contribution in [0.25, 0.3) is 0 Å². The summed E-state index contributed by atoms with van der Waals surface area (Å²) in [4.78, 5) is 2.45. The molecule has 0 spiro atoms. The Labute approximate surface area is 103 Å². The normalized spacial score (nSPS) is 16.1. The van der Waals surface area contributed by atoms with Crippen LogP contribution in [-0.2, 0) is 0 Å². The molecule has 0 atom stereocenters. The zero-order valence-corrected chi connectivity index (χ0v) is 10.7. The summed E-state index contributed by atoms with van der Waals surface area (Å²) in [5, 5.41) is 0. The zero-order valence-electron chi connectivity index (χ0n) is 10.7. The first-order valence-electron chi connectivity index (χ1n) is 6.30. The first kappa shape index (κ1) is 12.2. The molecular weight excluding hydrogens is 214 g/mol. The Morgan fingerprint density at radius 1 is 1.24 bits per heavy atom. The summed E-state index contributed by atoms with van der Waals surface area (Å²) in [6.07, 6.45) is 2.65. The standard InChI is InChI=1S/C14H21NO2/c1-12-6-5-7-13(14(12)16-2)17-11-10-15-8-3-4-9-15/h5-7H,3-4,8-11H2,1-2H3. The van der Waals surface area contributed by atoms with E-state index in [4.69, 9.17) is 9.47 Å². The number of para-hydroxylation sites is 1. The Balaban J connectivity index is 1.87. The van der Waals surface area contributed by atoms with Crippen LogP contribution in [0.5, 0.6) is 11.5 Å². The minimum absolute atomic E-state index is 0.736. The summed E-state index contributed by atoms with van der Waals surface area (Å²) < 4.78 is 11.2. The van der Waals surface area contributed by atoms with Crippen LogP contribution in [0.2, 0.25) is 0 Å². The maximum absolute atomic E-state index is 5.80. The van der Waals surface area contributed by atoms with E-state index in [1.165, 1.54) is 25.9 Å². The molecule has 0 N–H and O–H groups in total. The van der Waals surface area contributed by atoms with E-state index in [0.717, 1.165) is 30.2 Å². The lowest BCUT2D eigenvalue weighted by molar-refractivity contribution is 0.230. The molecule has 0 amide bonds. The van der Waals surface area contributed by atoms with Crippen molar-refractivity contribution in [1.29, 1.82) is 0 Å². The molecule has 2 rings (SSSR count). The van der Waals surface area contributed by atoms with E-state index in [1.54, 1.807) is 7.11 Å². The molecule has 1 aromatic carbocycles. The summed E-state index contributed by atoms with van der Waals surface area (Å²) in [5.41, 5.74) is 1.12. The molecule has 0 aliphatic carbocycles. The predicted octanol–water partition coefficient (Wildman–Crippen LogP) is 2.48. The maximum atomic E-state index is 5.80. The molecule has 1 aliphatic rings. The van der Waals surface area contributed by atoms with Gasteiger partial charge in [0.15, 0.2) is 11.5 Å². The van der Waals surface area contributed by atoms with Crippen molar-refractivity contribution >= 4 is 0 Å². The highest BCUT2D eigenvalue weighted by Gasteiger charge is 2.12. The number of nitrogens with zero attached hydrogens (tertiary/aromatic N) is 1. The second-order valence-corrected chi connectivity index (χ2v) is 4.50. The van der Waals surface area contributed by atoms with Gasteiger partial charge < -0.3 is 9.47 Å². The van der Waals surface area contributed by atoms with Crippen molar-refractivity contribution in [1.82, 2.24) is 4.90 Å². The fraction of sp³-hybridized carbons (Fsp3) is 0.571. The smallest absolute Gasteiger partial charge is 0.163 e. The van der Waals surface area contributed by atoms with Crippen molar-refractivity contribution < 1.29 is 9.47 Å². The van der Waals surface area contributed by atoms with Crippen molar-refractivity contribution in [2.24, 2.45) is 0 Å². The van der Waals surface area contributed by atoms with Crippen LogP contribution in [0.1, 0.15) is 18.4 Å². The third-order valence-corrected chi connectivity index (χ3v) is 3.24. The third-order valence-electron chi connectivity index (χ3n) is 3.24. The molecule has 1 fully saturated rings. The predicted molar refractivity (Wildman–Crippen MR) is 68.9 cm³/mol. The number of methoxy groups -OCH3 is 1. The van der Waals surface area contributed by atoms with E-state index in [0.29, 0.717) is 0 Å². The second-order valence-electron chi connectivity index (χ2n) is 4.50. The van der Waals surface area contributed by atoms with E-state index in [2.05, 4.69) is 4.90 Å². The average Bonchev–Trinajstić information content (AvgIpc) is 2.82. The Morgan fingerprint density at radius 2 is 2.00 bits per heavy atom. The fourth-order valence-electron chi connectivity index (χ4n) is 2.29. The van der Waals surface area contributed by atoms with Gasteiger partial charge >= 0.3 is 0 Å². The highest BCUT2D eigenvalue weighted by Crippen LogP contribution is 2.30. The van der Waals surface area contributed by atoms with Crippen molar-refractivity contribution in [2.45, 2.75) is 19.8 Å². The van der Waals surface area contributed by atoms with E-state index in [9.17, 15) is 0 Å². The Morgan fingerprint density at radius 3 is 2.71 bits per heavy atom. The van der Waals surface area contributed by atoms with Gasteiger partial charge in [-0.15, -0.1) is 0 Å². The molecule has 0 bridgehead atoms. The Kier molecular flexibility index (Phi) is 4.26. The van der Waals surface area contributed by atoms with Crippen LogP contribution in [-0.4, -0.2) is 38.3 Å². The van der Waals surface area contributed by atoms with E-state index < -0.39 is 0 Å². The first-order valence-corrected chi connectivity index (χ1v) is 6.30. The lowest BCUT2D eigenvalue weighted by Gasteiger charge is -2.16. The van der Waals surface area contributed by atoms with Gasteiger partial charge in [-0.05, 0) is 44.5 Å². The minimum Gasteiger partial charge on any atom is -0.493 e. The third kappa shape index (κ3) is 3.13. The Bertz CT molecular complexity index is 359. The molecule has 0 aromatic heterocycles. The summed E-state index contributed by atoms with van der Waals surface area (Å²) >= 11 is 0. The van der Waals surface area contributed by atoms with Crippen LogP contribution in [0.15, 0.2) is 18.2 Å². The van der Waals surface area contributed by atoms with Crippen LogP contribution in [0.3, 0.4) is 0 Å². The summed E-state index contributed by atoms with van der Waals surface area (Å²) in [6, 6.07) is 6.00. The number of rotatable bonds is 5. The van der Waals surface area contributed by atoms with Crippen molar-refractivity contribution in [3.63, 3.8) is 0 Å². The van der Waals surface area contributed by atoms with Gasteiger partial charge in [0.25, 0.3) is 0 Å². The van der Waals surface area contributed by atoms with Crippen LogP contribution in [0, 0.1) is 6.92 Å². The second kappa shape index (κ2) is 5.92. The van der Waals surface area contributed by atoms with E-state index in [1.807, 2.05) is 25.1 Å². The van der Waals surface area contributed by atoms with E-state index >= 15 is 0 Å². The zero-order chi connectivity index (χ0) is 12.1. The molecule has 0 unspecified atom stereocenters. The number of hydrogen-bond donors (Lipinski definition) is 0. The lowest BCUT2D eigenvalue weighted by atomic mass is 10.2. The van der Waals surface area contributed by atoms with Gasteiger partial charge in [0.2, 0.25) is 0 Å². The van der Waals surface area contributed by atoms with Gasteiger partial charge in [-0.25, -0.2) is 0 Å². The molecule has 1 heterocycles. The number of ether oxygens (including phenoxy) is 2. The molecule has 0 saturated carbocycles. The fourth-order valence-corrected chi connectivity index (χ4v) is 2.29. The van der Waals surface area contributed by atoms with Gasteiger partial charge in [0.1, 0.15) is 6.61 Å². The van der Waals surface area contributed by atoms with Crippen molar-refractivity contribution in [3.8, 4) is 11.5 Å². The van der Waals surface area contributed by atoms with Crippen LogP contribution >= 0.6 is 0 Å². The van der Waals surface area contributed by atoms with Gasteiger partial charge in [-0.2, -0.15) is 0 Å². The largest absolute Gasteiger partial charge is 0.493 e. The summed E-state index contributed by atoms with van der Waals surface area (Å²) in [6.45, 7) is 6.21. The molecule has 1 aliphatic heterocycles. The number of aryl methyl sites for hydroxylation is 1. The number of hydrogen-bond acceptors (Lipinski definition) is 3. The molecule has 3 heteroatoms. The SMILES string of the molecule is COc1c(C)cccc1OCCN1CCCC1. The number of benzene rings is 1. The summed E-state index contributed by atoms with van der Waals surface area (Å²) in [7, 11) is 1.69. The maximum Gasteiger partial charge on any atom is 0.163 e. The van der Waals surface area contributed by atoms with Gasteiger partial charge in [0, 0.05) is 6.54 Å². The quantitative estimate of drug-likeness (QED) is 0.782. The molecule has 94 valence electrons. The van der Waals surface area contributed by atoms with Crippen molar-refractivity contribution in [2.75, 3.05) is 33.4 Å². The molecule has 1 saturated heterocycles. The molecule has 0 radical (unpaired) electrons. The lowest BCUT2D eigenvalue weighted by Crippen LogP contribution is -2.25. The molecular formula is C14H21NO2. The average molecular weight is 235 g/mol. The molecule has 17 heavy (non-hydrogen) atoms. The Hall–Kier alpha value is -1.22. The van der Waals surface area contributed by atoms with Crippen LogP contribution < -0.4 is 9.47 Å². The monoisotopic (exact) mass is 235 g/mol. The summed E-state index contributed by atoms with van der Waals surface area (Å²) in [5.74, 6) is 1.71. The van der Waals surface area contributed by atoms with Gasteiger partial charge in [-0.1, -0.05) is 12.1 Å². The van der Waals surface area contributed by atoms with Gasteiger partial charge in [-0.3, -0.25) is 4.90 Å². The van der Waals surface area contributed by atoms with Gasteiger partial charge in [0.05, 0.1) is 7.11 Å². The number of likely N-dealkylation sites (tertiary alicyclic amines) is 1.